The second-order valence-electron chi connectivity index (χ2n) is 10.4. The second-order valence-corrected chi connectivity index (χ2v) is 10.4. The minimum absolute atomic E-state index is 0.0348. The minimum Gasteiger partial charge on any atom is -0.508 e. The fourth-order valence-corrected chi connectivity index (χ4v) is 6.08. The molecular formula is C28H46O3. The van der Waals surface area contributed by atoms with Crippen molar-refractivity contribution in [3.05, 3.63) is 29.3 Å². The van der Waals surface area contributed by atoms with Crippen molar-refractivity contribution >= 4 is 0 Å². The van der Waals surface area contributed by atoms with Crippen molar-refractivity contribution in [1.82, 2.24) is 0 Å². The first-order valence-corrected chi connectivity index (χ1v) is 13.1. The zero-order valence-electron chi connectivity index (χ0n) is 20.5. The molecule has 176 valence electrons. The van der Waals surface area contributed by atoms with Gasteiger partial charge in [-0.2, -0.15) is 0 Å². The molecule has 2 saturated carbocycles. The Kier molecular flexibility index (Phi) is 8.87. The monoisotopic (exact) mass is 430 g/mol. The van der Waals surface area contributed by atoms with Crippen LogP contribution >= 0.6 is 0 Å². The van der Waals surface area contributed by atoms with Crippen LogP contribution < -0.4 is 0 Å². The Morgan fingerprint density at radius 3 is 1.74 bits per heavy atom. The lowest BCUT2D eigenvalue weighted by Gasteiger charge is -2.39. The molecule has 0 aromatic heterocycles. The van der Waals surface area contributed by atoms with Gasteiger partial charge in [-0.1, -0.05) is 64.5 Å². The van der Waals surface area contributed by atoms with Gasteiger partial charge in [-0.15, -0.1) is 0 Å². The molecule has 2 atom stereocenters. The number of phenolic OH excluding ortho intramolecular Hbond substituents is 1. The number of phenols is 1. The molecule has 3 nitrogen and oxygen atoms in total. The van der Waals surface area contributed by atoms with E-state index in [2.05, 4.69) is 33.8 Å². The third-order valence-electron chi connectivity index (χ3n) is 7.97. The number of hydrogen-bond donors (Lipinski definition) is 1. The first kappa shape index (κ1) is 24.6. The van der Waals surface area contributed by atoms with E-state index in [0.29, 0.717) is 5.75 Å². The summed E-state index contributed by atoms with van der Waals surface area (Å²) in [6.07, 6.45) is 16.5. The van der Waals surface area contributed by atoms with E-state index in [9.17, 15) is 5.11 Å². The lowest BCUT2D eigenvalue weighted by atomic mass is 9.82. The Hall–Kier alpha value is -1.06. The zero-order valence-corrected chi connectivity index (χ0v) is 20.5. The molecule has 2 aliphatic rings. The van der Waals surface area contributed by atoms with Crippen LogP contribution in [0.1, 0.15) is 116 Å². The van der Waals surface area contributed by atoms with Gasteiger partial charge < -0.3 is 14.6 Å². The first-order chi connectivity index (χ1) is 14.9. The first-order valence-electron chi connectivity index (χ1n) is 13.1. The fourth-order valence-electron chi connectivity index (χ4n) is 6.08. The molecule has 2 fully saturated rings. The van der Waals surface area contributed by atoms with Crippen molar-refractivity contribution < 1.29 is 14.6 Å². The van der Waals surface area contributed by atoms with E-state index in [4.69, 9.17) is 9.47 Å². The molecule has 3 rings (SSSR count). The average molecular weight is 431 g/mol. The number of ether oxygens (including phenoxy) is 2. The Labute approximate surface area is 190 Å². The molecule has 0 heterocycles. The van der Waals surface area contributed by atoms with E-state index >= 15 is 0 Å². The zero-order chi connectivity index (χ0) is 22.3. The fraction of sp³-hybridized carbons (Fsp3) is 0.786. The van der Waals surface area contributed by atoms with Crippen LogP contribution in [0, 0.1) is 0 Å². The Balaban J connectivity index is 1.66. The predicted octanol–water partition coefficient (Wildman–Crippen LogP) is 7.51. The van der Waals surface area contributed by atoms with E-state index in [0.717, 1.165) is 31.2 Å². The molecule has 0 bridgehead atoms. The lowest BCUT2D eigenvalue weighted by Crippen LogP contribution is -2.38. The van der Waals surface area contributed by atoms with Gasteiger partial charge in [0.1, 0.15) is 5.75 Å². The average Bonchev–Trinajstić information content (AvgIpc) is 2.77. The molecule has 0 amide bonds. The summed E-state index contributed by atoms with van der Waals surface area (Å²) in [7, 11) is 0. The maximum atomic E-state index is 10.7. The van der Waals surface area contributed by atoms with Gasteiger partial charge >= 0.3 is 0 Å². The predicted molar refractivity (Wildman–Crippen MR) is 129 cm³/mol. The number of benzene rings is 1. The van der Waals surface area contributed by atoms with E-state index in [-0.39, 0.29) is 23.4 Å². The quantitative estimate of drug-likeness (QED) is 0.417. The molecule has 2 unspecified atom stereocenters. The van der Waals surface area contributed by atoms with Crippen molar-refractivity contribution in [3.63, 3.8) is 0 Å². The maximum Gasteiger partial charge on any atom is 0.119 e. The van der Waals surface area contributed by atoms with Crippen molar-refractivity contribution in [2.24, 2.45) is 0 Å². The SMILES string of the molecule is CCC1(OC(C)Cc2cccc(O)c2CC(C)OC2(CC)CCCCC2)CCCCC1. The molecule has 2 aliphatic carbocycles. The number of rotatable bonds is 10. The van der Waals surface area contributed by atoms with Gasteiger partial charge in [0.2, 0.25) is 0 Å². The standard InChI is InChI=1S/C28H46O3/c1-5-27(16-9-7-10-17-27)30-22(3)20-24-14-13-15-26(29)25(24)21-23(4)31-28(6-2)18-11-8-12-19-28/h13-15,22-23,29H,5-12,16-21H2,1-4H3. The molecule has 0 aliphatic heterocycles. The molecule has 3 heteroatoms. The van der Waals surface area contributed by atoms with Gasteiger partial charge in [-0.25, -0.2) is 0 Å². The number of hydrogen-bond acceptors (Lipinski definition) is 3. The van der Waals surface area contributed by atoms with E-state index in [1.165, 1.54) is 69.8 Å². The summed E-state index contributed by atoms with van der Waals surface area (Å²) >= 11 is 0. The Morgan fingerprint density at radius 1 is 0.774 bits per heavy atom. The summed E-state index contributed by atoms with van der Waals surface area (Å²) in [5, 5.41) is 10.7. The van der Waals surface area contributed by atoms with Crippen LogP contribution in [0.25, 0.3) is 0 Å². The summed E-state index contributed by atoms with van der Waals surface area (Å²) in [5.74, 6) is 0.400. The van der Waals surface area contributed by atoms with Crippen LogP contribution in [-0.2, 0) is 22.3 Å². The largest absolute Gasteiger partial charge is 0.508 e. The molecule has 0 saturated heterocycles. The van der Waals surface area contributed by atoms with Gasteiger partial charge in [-0.3, -0.25) is 0 Å². The lowest BCUT2D eigenvalue weighted by molar-refractivity contribution is -0.111. The minimum atomic E-state index is 0.0348. The van der Waals surface area contributed by atoms with Crippen LogP contribution in [-0.4, -0.2) is 28.5 Å². The molecule has 1 N–H and O–H groups in total. The van der Waals surface area contributed by atoms with Crippen LogP contribution in [0.3, 0.4) is 0 Å². The summed E-state index contributed by atoms with van der Waals surface area (Å²) in [5.41, 5.74) is 2.34. The molecule has 1 aromatic rings. The third kappa shape index (κ3) is 6.48. The second kappa shape index (κ2) is 11.2. The molecule has 1 aromatic carbocycles. The third-order valence-corrected chi connectivity index (χ3v) is 7.97. The van der Waals surface area contributed by atoms with Crippen molar-refractivity contribution in [1.29, 1.82) is 0 Å². The Morgan fingerprint density at radius 2 is 1.26 bits per heavy atom. The van der Waals surface area contributed by atoms with Crippen LogP contribution in [0.2, 0.25) is 0 Å². The smallest absolute Gasteiger partial charge is 0.119 e. The topological polar surface area (TPSA) is 38.7 Å². The van der Waals surface area contributed by atoms with E-state index in [1.54, 1.807) is 0 Å². The number of aromatic hydroxyl groups is 1. The van der Waals surface area contributed by atoms with E-state index < -0.39 is 0 Å². The van der Waals surface area contributed by atoms with Gasteiger partial charge in [0.05, 0.1) is 23.4 Å². The molecular weight excluding hydrogens is 384 g/mol. The molecule has 31 heavy (non-hydrogen) atoms. The van der Waals surface area contributed by atoms with Crippen LogP contribution in [0.4, 0.5) is 0 Å². The van der Waals surface area contributed by atoms with Gasteiger partial charge in [-0.05, 0) is 76.0 Å². The molecule has 0 spiro atoms. The summed E-state index contributed by atoms with van der Waals surface area (Å²) in [6.45, 7) is 8.91. The maximum absolute atomic E-state index is 10.7. The summed E-state index contributed by atoms with van der Waals surface area (Å²) in [4.78, 5) is 0. The highest BCUT2D eigenvalue weighted by Crippen LogP contribution is 2.38. The highest BCUT2D eigenvalue weighted by Gasteiger charge is 2.34. The van der Waals surface area contributed by atoms with E-state index in [1.807, 2.05) is 12.1 Å². The summed E-state index contributed by atoms with van der Waals surface area (Å²) in [6, 6.07) is 5.95. The van der Waals surface area contributed by atoms with Gasteiger partial charge in [0, 0.05) is 6.42 Å². The molecule has 0 radical (unpaired) electrons. The van der Waals surface area contributed by atoms with Crippen molar-refractivity contribution in [3.8, 4) is 5.75 Å². The van der Waals surface area contributed by atoms with Crippen LogP contribution in [0.15, 0.2) is 18.2 Å². The highest BCUT2D eigenvalue weighted by atomic mass is 16.5. The highest BCUT2D eigenvalue weighted by molar-refractivity contribution is 5.40. The van der Waals surface area contributed by atoms with Gasteiger partial charge in [0.15, 0.2) is 0 Å². The summed E-state index contributed by atoms with van der Waals surface area (Å²) < 4.78 is 13.3. The Bertz CT molecular complexity index is 671. The van der Waals surface area contributed by atoms with Crippen molar-refractivity contribution in [2.75, 3.05) is 0 Å². The van der Waals surface area contributed by atoms with Crippen molar-refractivity contribution in [2.45, 2.75) is 141 Å². The normalized spacial score (nSPS) is 22.7. The van der Waals surface area contributed by atoms with Crippen LogP contribution in [0.5, 0.6) is 5.75 Å². The van der Waals surface area contributed by atoms with Gasteiger partial charge in [0.25, 0.3) is 0 Å².